The molecule has 0 N–H and O–H groups in total. The predicted octanol–water partition coefficient (Wildman–Crippen LogP) is 6.58. The number of carbonyl (C=O) groups excluding carboxylic acids is 2. The van der Waals surface area contributed by atoms with E-state index in [0.29, 0.717) is 28.6 Å². The molecule has 0 saturated heterocycles. The van der Waals surface area contributed by atoms with Gasteiger partial charge in [0.15, 0.2) is 11.5 Å². The zero-order valence-electron chi connectivity index (χ0n) is 19.5. The molecule has 0 bridgehead atoms. The second-order valence-corrected chi connectivity index (χ2v) is 11.2. The first kappa shape index (κ1) is 23.6. The van der Waals surface area contributed by atoms with Crippen LogP contribution in [0.15, 0.2) is 71.6 Å². The van der Waals surface area contributed by atoms with Crippen LogP contribution < -0.4 is 14.4 Å². The molecule has 6 nitrogen and oxygen atoms in total. The Morgan fingerprint density at radius 3 is 2.51 bits per heavy atom. The molecule has 0 aromatic heterocycles. The lowest BCUT2D eigenvalue weighted by molar-refractivity contribution is -0.120. The van der Waals surface area contributed by atoms with Crippen LogP contribution in [0.1, 0.15) is 31.9 Å². The highest BCUT2D eigenvalue weighted by Gasteiger charge is 2.54. The van der Waals surface area contributed by atoms with E-state index in [4.69, 9.17) is 25.8 Å². The molecule has 1 atom stereocenters. The molecular formula is C27H24ClNO5S. The summed E-state index contributed by atoms with van der Waals surface area (Å²) < 4.78 is 15.5. The molecule has 3 aromatic rings. The largest absolute Gasteiger partial charge is 0.454 e. The van der Waals surface area contributed by atoms with E-state index in [9.17, 15) is 9.59 Å². The Labute approximate surface area is 213 Å². The van der Waals surface area contributed by atoms with Crippen molar-refractivity contribution in [3.05, 3.63) is 82.9 Å². The van der Waals surface area contributed by atoms with Crippen molar-refractivity contribution in [2.24, 2.45) is 0 Å². The molecule has 0 spiro atoms. The van der Waals surface area contributed by atoms with Crippen LogP contribution in [0.5, 0.6) is 11.5 Å². The zero-order valence-corrected chi connectivity index (χ0v) is 21.1. The molecule has 8 heteroatoms. The third-order valence-electron chi connectivity index (χ3n) is 5.70. The maximum Gasteiger partial charge on any atom is 0.421 e. The van der Waals surface area contributed by atoms with Crippen LogP contribution in [-0.4, -0.2) is 24.4 Å². The van der Waals surface area contributed by atoms with E-state index in [1.165, 1.54) is 11.8 Å². The maximum atomic E-state index is 14.2. The standard InChI is InChI=1S/C27H24ClNO5S/c1-26(2,3)34-25(31)29-21-7-5-4-6-20(21)27(24(29)30,35-19-11-9-18(28)10-12-19)15-17-8-13-22-23(14-17)33-16-32-22/h4-14H,15-16H2,1-3H3/t27-/m1/s1. The Kier molecular flexibility index (Phi) is 5.93. The Bertz CT molecular complexity index is 1300. The van der Waals surface area contributed by atoms with Gasteiger partial charge in [0.2, 0.25) is 6.79 Å². The van der Waals surface area contributed by atoms with Crippen molar-refractivity contribution >= 4 is 41.1 Å². The van der Waals surface area contributed by atoms with Gasteiger partial charge in [0.05, 0.1) is 5.69 Å². The predicted molar refractivity (Wildman–Crippen MR) is 135 cm³/mol. The van der Waals surface area contributed by atoms with E-state index in [1.54, 1.807) is 39.0 Å². The van der Waals surface area contributed by atoms with E-state index >= 15 is 0 Å². The molecule has 0 aliphatic carbocycles. The number of halogens is 1. The number of para-hydroxylation sites is 1. The lowest BCUT2D eigenvalue weighted by Gasteiger charge is -2.29. The molecule has 2 heterocycles. The number of carbonyl (C=O) groups is 2. The van der Waals surface area contributed by atoms with Crippen molar-refractivity contribution in [3.63, 3.8) is 0 Å². The maximum absolute atomic E-state index is 14.2. The zero-order chi connectivity index (χ0) is 24.8. The number of nitrogens with zero attached hydrogens (tertiary/aromatic N) is 1. The monoisotopic (exact) mass is 509 g/mol. The molecule has 3 aromatic carbocycles. The van der Waals surface area contributed by atoms with E-state index in [1.807, 2.05) is 48.5 Å². The average Bonchev–Trinajstić information content (AvgIpc) is 3.35. The first-order chi connectivity index (χ1) is 16.7. The number of anilines is 1. The summed E-state index contributed by atoms with van der Waals surface area (Å²) in [5.41, 5.74) is 1.39. The quantitative estimate of drug-likeness (QED) is 0.396. The fraction of sp³-hybridized carbons (Fsp3) is 0.259. The fourth-order valence-electron chi connectivity index (χ4n) is 4.25. The van der Waals surface area contributed by atoms with Crippen molar-refractivity contribution in [2.75, 3.05) is 11.7 Å². The van der Waals surface area contributed by atoms with Gasteiger partial charge in [0.1, 0.15) is 10.3 Å². The number of benzene rings is 3. The number of imide groups is 1. The van der Waals surface area contributed by atoms with E-state index < -0.39 is 16.4 Å². The van der Waals surface area contributed by atoms with Gasteiger partial charge in [-0.2, -0.15) is 0 Å². The Hall–Kier alpha value is -3.16. The molecule has 0 fully saturated rings. The highest BCUT2D eigenvalue weighted by atomic mass is 35.5. The van der Waals surface area contributed by atoms with Crippen LogP contribution >= 0.6 is 23.4 Å². The summed E-state index contributed by atoms with van der Waals surface area (Å²) in [4.78, 5) is 29.5. The third kappa shape index (κ3) is 4.46. The minimum Gasteiger partial charge on any atom is -0.454 e. The van der Waals surface area contributed by atoms with Crippen molar-refractivity contribution in [1.82, 2.24) is 0 Å². The summed E-state index contributed by atoms with van der Waals surface area (Å²) in [6.07, 6.45) is -0.370. The van der Waals surface area contributed by atoms with Crippen LogP contribution in [0.3, 0.4) is 0 Å². The van der Waals surface area contributed by atoms with Crippen LogP contribution in [0.25, 0.3) is 0 Å². The molecule has 2 aliphatic heterocycles. The fourth-order valence-corrected chi connectivity index (χ4v) is 5.75. The summed E-state index contributed by atoms with van der Waals surface area (Å²) in [5.74, 6) is 0.948. The van der Waals surface area contributed by atoms with Gasteiger partial charge in [0, 0.05) is 21.9 Å². The van der Waals surface area contributed by atoms with Crippen molar-refractivity contribution < 1.29 is 23.8 Å². The molecule has 0 unspecified atom stereocenters. The lowest BCUT2D eigenvalue weighted by atomic mass is 9.92. The lowest BCUT2D eigenvalue weighted by Crippen LogP contribution is -2.45. The van der Waals surface area contributed by atoms with E-state index in [0.717, 1.165) is 20.9 Å². The van der Waals surface area contributed by atoms with Gasteiger partial charge >= 0.3 is 6.09 Å². The van der Waals surface area contributed by atoms with Crippen molar-refractivity contribution in [3.8, 4) is 11.5 Å². The molecule has 35 heavy (non-hydrogen) atoms. The van der Waals surface area contributed by atoms with Crippen molar-refractivity contribution in [2.45, 2.75) is 42.4 Å². The SMILES string of the molecule is CC(C)(C)OC(=O)N1C(=O)[C@](Cc2ccc3c(c2)OCO3)(Sc2ccc(Cl)cc2)c2ccccc21. The normalized spacial score (nSPS) is 18.5. The molecular weight excluding hydrogens is 486 g/mol. The number of amides is 2. The van der Waals surface area contributed by atoms with Gasteiger partial charge < -0.3 is 14.2 Å². The van der Waals surface area contributed by atoms with Crippen LogP contribution in [0, 0.1) is 0 Å². The summed E-state index contributed by atoms with van der Waals surface area (Å²) in [6.45, 7) is 5.50. The minimum absolute atomic E-state index is 0.164. The highest BCUT2D eigenvalue weighted by molar-refractivity contribution is 8.01. The van der Waals surface area contributed by atoms with Gasteiger partial charge in [-0.15, -0.1) is 11.8 Å². The molecule has 5 rings (SSSR count). The summed E-state index contributed by atoms with van der Waals surface area (Å²) in [7, 11) is 0. The molecule has 2 amide bonds. The number of thioether (sulfide) groups is 1. The van der Waals surface area contributed by atoms with E-state index in [-0.39, 0.29) is 12.7 Å². The number of hydrogen-bond donors (Lipinski definition) is 0. The third-order valence-corrected chi connectivity index (χ3v) is 7.35. The number of hydrogen-bond acceptors (Lipinski definition) is 6. The second kappa shape index (κ2) is 8.81. The molecule has 2 aliphatic rings. The Morgan fingerprint density at radius 1 is 1.06 bits per heavy atom. The van der Waals surface area contributed by atoms with Crippen molar-refractivity contribution in [1.29, 1.82) is 0 Å². The highest BCUT2D eigenvalue weighted by Crippen LogP contribution is 2.54. The number of fused-ring (bicyclic) bond motifs is 2. The van der Waals surface area contributed by atoms with Gasteiger partial charge in [-0.05, 0) is 68.8 Å². The molecule has 0 radical (unpaired) electrons. The smallest absolute Gasteiger partial charge is 0.421 e. The summed E-state index contributed by atoms with van der Waals surface area (Å²) in [6, 6.07) is 20.3. The van der Waals surface area contributed by atoms with Gasteiger partial charge in [-0.3, -0.25) is 4.79 Å². The summed E-state index contributed by atoms with van der Waals surface area (Å²) in [5, 5.41) is 0.604. The minimum atomic E-state index is -1.12. The Balaban J connectivity index is 1.63. The first-order valence-electron chi connectivity index (χ1n) is 11.2. The van der Waals surface area contributed by atoms with Gasteiger partial charge in [-0.25, -0.2) is 9.69 Å². The molecule has 180 valence electrons. The first-order valence-corrected chi connectivity index (χ1v) is 12.4. The van der Waals surface area contributed by atoms with Crippen LogP contribution in [-0.2, 0) is 20.7 Å². The van der Waals surface area contributed by atoms with Crippen LogP contribution in [0.4, 0.5) is 10.5 Å². The molecule has 0 saturated carbocycles. The van der Waals surface area contributed by atoms with Gasteiger partial charge in [-0.1, -0.05) is 35.9 Å². The number of ether oxygens (including phenoxy) is 3. The van der Waals surface area contributed by atoms with E-state index in [2.05, 4.69) is 0 Å². The second-order valence-electron chi connectivity index (χ2n) is 9.39. The summed E-state index contributed by atoms with van der Waals surface area (Å²) >= 11 is 7.51. The Morgan fingerprint density at radius 2 is 1.77 bits per heavy atom. The topological polar surface area (TPSA) is 65.1 Å². The number of rotatable bonds is 4. The average molecular weight is 510 g/mol. The van der Waals surface area contributed by atoms with Gasteiger partial charge in [0.25, 0.3) is 5.91 Å². The van der Waals surface area contributed by atoms with Crippen LogP contribution in [0.2, 0.25) is 5.02 Å².